The number of nitrogens with zero attached hydrogens (tertiary/aromatic N) is 1. The normalized spacial score (nSPS) is 44.1. The van der Waals surface area contributed by atoms with Crippen LogP contribution in [0.4, 0.5) is 0 Å². The van der Waals surface area contributed by atoms with Crippen molar-refractivity contribution in [2.45, 2.75) is 33.6 Å². The van der Waals surface area contributed by atoms with Gasteiger partial charge in [-0.2, -0.15) is 0 Å². The summed E-state index contributed by atoms with van der Waals surface area (Å²) >= 11 is 0. The van der Waals surface area contributed by atoms with E-state index in [1.165, 1.54) is 43.5 Å². The highest BCUT2D eigenvalue weighted by Gasteiger charge is 2.42. The van der Waals surface area contributed by atoms with E-state index >= 15 is 0 Å². The highest BCUT2D eigenvalue weighted by Crippen LogP contribution is 2.35. The number of piperidine rings is 1. The molecular weight excluding hydrogens is 158 g/mol. The molecule has 0 aliphatic carbocycles. The van der Waals surface area contributed by atoms with Crippen molar-refractivity contribution < 1.29 is 4.48 Å². The molecule has 0 saturated carbocycles. The molecule has 0 radical (unpaired) electrons. The second-order valence-electron chi connectivity index (χ2n) is 5.67. The Kier molecular flexibility index (Phi) is 2.39. The summed E-state index contributed by atoms with van der Waals surface area (Å²) in [4.78, 5) is 0. The van der Waals surface area contributed by atoms with E-state index in [-0.39, 0.29) is 0 Å². The zero-order valence-electron chi connectivity index (χ0n) is 9.42. The minimum atomic E-state index is 0.946. The lowest BCUT2D eigenvalue weighted by atomic mass is 9.80. The monoisotopic (exact) mass is 182 g/mol. The fraction of sp³-hybridized carbons (Fsp3) is 1.00. The summed E-state index contributed by atoms with van der Waals surface area (Å²) in [6, 6.07) is 0. The molecule has 0 aromatic rings. The minimum absolute atomic E-state index is 0.946. The first-order valence-corrected chi connectivity index (χ1v) is 5.98. The number of rotatable bonds is 0. The van der Waals surface area contributed by atoms with E-state index in [2.05, 4.69) is 20.8 Å². The Bertz CT molecular complexity index is 168. The van der Waals surface area contributed by atoms with Gasteiger partial charge in [0, 0.05) is 24.7 Å². The predicted octanol–water partition coefficient (Wildman–Crippen LogP) is 2.52. The van der Waals surface area contributed by atoms with E-state index in [4.69, 9.17) is 0 Å². The Balaban J connectivity index is 2.08. The molecule has 13 heavy (non-hydrogen) atoms. The van der Waals surface area contributed by atoms with Gasteiger partial charge in [-0.25, -0.2) is 0 Å². The van der Waals surface area contributed by atoms with Gasteiger partial charge in [0.05, 0.1) is 26.2 Å². The van der Waals surface area contributed by atoms with Crippen LogP contribution < -0.4 is 0 Å². The fourth-order valence-corrected chi connectivity index (χ4v) is 3.56. The van der Waals surface area contributed by atoms with Crippen LogP contribution in [0, 0.1) is 17.8 Å². The Morgan fingerprint density at radius 2 is 1.31 bits per heavy atom. The van der Waals surface area contributed by atoms with Gasteiger partial charge in [0.2, 0.25) is 0 Å². The van der Waals surface area contributed by atoms with E-state index in [1.807, 2.05) is 0 Å². The highest BCUT2D eigenvalue weighted by molar-refractivity contribution is 4.75. The Morgan fingerprint density at radius 1 is 0.846 bits per heavy atom. The first kappa shape index (κ1) is 9.51. The second-order valence-corrected chi connectivity index (χ2v) is 5.67. The molecule has 2 aliphatic rings. The van der Waals surface area contributed by atoms with Crippen molar-refractivity contribution in [2.75, 3.05) is 26.2 Å². The molecule has 0 N–H and O–H groups in total. The van der Waals surface area contributed by atoms with E-state index in [9.17, 15) is 0 Å². The third-order valence-corrected chi connectivity index (χ3v) is 4.66. The van der Waals surface area contributed by atoms with Crippen molar-refractivity contribution in [3.63, 3.8) is 0 Å². The molecule has 1 nitrogen and oxygen atoms in total. The van der Waals surface area contributed by atoms with Gasteiger partial charge in [-0.1, -0.05) is 20.8 Å². The van der Waals surface area contributed by atoms with Crippen LogP contribution in [-0.4, -0.2) is 30.7 Å². The van der Waals surface area contributed by atoms with Crippen LogP contribution >= 0.6 is 0 Å². The summed E-state index contributed by atoms with van der Waals surface area (Å²) in [6.45, 7) is 13.2. The summed E-state index contributed by atoms with van der Waals surface area (Å²) in [5, 5.41) is 0. The molecule has 2 aliphatic heterocycles. The quantitative estimate of drug-likeness (QED) is 0.505. The van der Waals surface area contributed by atoms with Crippen molar-refractivity contribution in [1.29, 1.82) is 0 Å². The Hall–Kier alpha value is -0.0400. The Labute approximate surface area is 82.7 Å². The zero-order chi connectivity index (χ0) is 9.47. The molecule has 2 atom stereocenters. The van der Waals surface area contributed by atoms with Gasteiger partial charge in [-0.15, -0.1) is 0 Å². The van der Waals surface area contributed by atoms with Gasteiger partial charge in [-0.05, 0) is 5.92 Å². The van der Waals surface area contributed by atoms with Crippen LogP contribution in [0.5, 0.6) is 0 Å². The van der Waals surface area contributed by atoms with Crippen molar-refractivity contribution in [3.8, 4) is 0 Å². The average molecular weight is 182 g/mol. The predicted molar refractivity (Wildman–Crippen MR) is 56.5 cm³/mol. The third kappa shape index (κ3) is 1.63. The molecule has 2 rings (SSSR count). The molecule has 2 saturated heterocycles. The largest absolute Gasteiger partial charge is 0.323 e. The highest BCUT2D eigenvalue weighted by atomic mass is 15.4. The molecule has 0 aromatic carbocycles. The van der Waals surface area contributed by atoms with E-state index < -0.39 is 0 Å². The molecule has 2 unspecified atom stereocenters. The number of hydrogen-bond acceptors (Lipinski definition) is 0. The fourth-order valence-electron chi connectivity index (χ4n) is 3.56. The maximum Gasteiger partial charge on any atom is 0.0815 e. The molecule has 1 heteroatoms. The smallest absolute Gasteiger partial charge is 0.0815 e. The third-order valence-electron chi connectivity index (χ3n) is 4.66. The minimum Gasteiger partial charge on any atom is -0.323 e. The van der Waals surface area contributed by atoms with Gasteiger partial charge in [0.15, 0.2) is 0 Å². The maximum atomic E-state index is 2.46. The maximum absolute atomic E-state index is 2.46. The van der Waals surface area contributed by atoms with Gasteiger partial charge in [0.25, 0.3) is 0 Å². The average Bonchev–Trinajstić information content (AvgIpc) is 2.49. The van der Waals surface area contributed by atoms with Crippen LogP contribution in [0.1, 0.15) is 33.6 Å². The summed E-state index contributed by atoms with van der Waals surface area (Å²) in [7, 11) is 0. The van der Waals surface area contributed by atoms with Crippen LogP contribution in [0.15, 0.2) is 0 Å². The van der Waals surface area contributed by atoms with Crippen molar-refractivity contribution >= 4 is 0 Å². The number of hydrogen-bond donors (Lipinski definition) is 0. The summed E-state index contributed by atoms with van der Waals surface area (Å²) in [5.41, 5.74) is 0. The van der Waals surface area contributed by atoms with Crippen LogP contribution in [0.2, 0.25) is 0 Å². The van der Waals surface area contributed by atoms with Crippen LogP contribution in [0.25, 0.3) is 0 Å². The molecule has 0 aromatic heterocycles. The molecule has 76 valence electrons. The van der Waals surface area contributed by atoms with E-state index in [0.29, 0.717) is 0 Å². The topological polar surface area (TPSA) is 0 Å². The summed E-state index contributed by atoms with van der Waals surface area (Å²) in [6.07, 6.45) is 2.96. The van der Waals surface area contributed by atoms with Crippen molar-refractivity contribution in [3.05, 3.63) is 0 Å². The zero-order valence-corrected chi connectivity index (χ0v) is 9.42. The first-order chi connectivity index (χ1) is 6.13. The van der Waals surface area contributed by atoms with E-state index in [1.54, 1.807) is 0 Å². The van der Waals surface area contributed by atoms with Crippen LogP contribution in [0.3, 0.4) is 0 Å². The molecule has 2 heterocycles. The van der Waals surface area contributed by atoms with Crippen LogP contribution in [-0.2, 0) is 0 Å². The van der Waals surface area contributed by atoms with Gasteiger partial charge >= 0.3 is 0 Å². The van der Waals surface area contributed by atoms with Gasteiger partial charge < -0.3 is 4.48 Å². The van der Waals surface area contributed by atoms with Gasteiger partial charge in [-0.3, -0.25) is 0 Å². The second kappa shape index (κ2) is 3.27. The molecule has 1 spiro atoms. The van der Waals surface area contributed by atoms with Crippen molar-refractivity contribution in [2.24, 2.45) is 17.8 Å². The SMILES string of the molecule is CC1C[N+]2(CCCC2)CC(C)C1C. The number of quaternary nitrogens is 1. The molecule has 0 amide bonds. The summed E-state index contributed by atoms with van der Waals surface area (Å²) < 4.78 is 1.46. The summed E-state index contributed by atoms with van der Waals surface area (Å²) in [5.74, 6) is 2.84. The lowest BCUT2D eigenvalue weighted by molar-refractivity contribution is -0.929. The molecular formula is C12H24N+. The van der Waals surface area contributed by atoms with Crippen molar-refractivity contribution in [1.82, 2.24) is 0 Å². The first-order valence-electron chi connectivity index (χ1n) is 5.98. The lowest BCUT2D eigenvalue weighted by Crippen LogP contribution is -2.56. The standard InChI is InChI=1S/C12H24N/c1-10-8-13(6-4-5-7-13)9-11(2)12(10)3/h10-12H,4-9H2,1-3H3/q+1. The molecule has 0 bridgehead atoms. The lowest BCUT2D eigenvalue weighted by Gasteiger charge is -2.46. The van der Waals surface area contributed by atoms with E-state index in [0.717, 1.165) is 17.8 Å². The molecule has 2 fully saturated rings. The Morgan fingerprint density at radius 3 is 1.77 bits per heavy atom. The van der Waals surface area contributed by atoms with Gasteiger partial charge in [0.1, 0.15) is 0 Å².